The number of para-hydroxylation sites is 1. The molecule has 0 aliphatic carbocycles. The SMILES string of the molecule is COc1ccccc1-c1noc(C2CN(C(=O)Cc3ccc(-c4ccccc4)cc3)C2)n1. The maximum atomic E-state index is 12.7. The van der Waals surface area contributed by atoms with Crippen molar-refractivity contribution in [2.24, 2.45) is 0 Å². The van der Waals surface area contributed by atoms with Crippen LogP contribution in [0.1, 0.15) is 17.4 Å². The van der Waals surface area contributed by atoms with Gasteiger partial charge in [0.25, 0.3) is 0 Å². The van der Waals surface area contributed by atoms with Gasteiger partial charge in [0.2, 0.25) is 17.6 Å². The van der Waals surface area contributed by atoms with Gasteiger partial charge in [-0.3, -0.25) is 4.79 Å². The largest absolute Gasteiger partial charge is 0.496 e. The van der Waals surface area contributed by atoms with Crippen molar-refractivity contribution < 1.29 is 14.1 Å². The molecule has 0 radical (unpaired) electrons. The average Bonchev–Trinajstić information content (AvgIpc) is 3.28. The van der Waals surface area contributed by atoms with E-state index in [9.17, 15) is 4.79 Å². The van der Waals surface area contributed by atoms with Gasteiger partial charge in [0.05, 0.1) is 25.0 Å². The van der Waals surface area contributed by atoms with Crippen molar-refractivity contribution in [2.45, 2.75) is 12.3 Å². The molecule has 5 rings (SSSR count). The lowest BCUT2D eigenvalue weighted by molar-refractivity contribution is -0.135. The minimum absolute atomic E-state index is 0.0652. The lowest BCUT2D eigenvalue weighted by Crippen LogP contribution is -2.49. The van der Waals surface area contributed by atoms with Gasteiger partial charge >= 0.3 is 0 Å². The zero-order valence-electron chi connectivity index (χ0n) is 17.8. The summed E-state index contributed by atoms with van der Waals surface area (Å²) in [6.07, 6.45) is 0.387. The Labute approximate surface area is 186 Å². The molecule has 32 heavy (non-hydrogen) atoms. The fourth-order valence-corrected chi connectivity index (χ4v) is 3.91. The van der Waals surface area contributed by atoms with Crippen LogP contribution in [0.4, 0.5) is 0 Å². The number of carbonyl (C=O) groups excluding carboxylic acids is 1. The number of hydrogen-bond donors (Lipinski definition) is 0. The molecule has 1 aromatic heterocycles. The average molecular weight is 425 g/mol. The summed E-state index contributed by atoms with van der Waals surface area (Å²) in [5.74, 6) is 1.93. The van der Waals surface area contributed by atoms with Crippen molar-refractivity contribution in [3.05, 3.63) is 90.3 Å². The second kappa shape index (κ2) is 8.67. The Morgan fingerprint density at radius 1 is 0.969 bits per heavy atom. The van der Waals surface area contributed by atoms with Gasteiger partial charge in [-0.2, -0.15) is 4.98 Å². The molecule has 1 aliphatic heterocycles. The standard InChI is InChI=1S/C26H23N3O3/c1-31-23-10-6-5-9-22(23)25-27-26(32-28-25)21-16-29(17-21)24(30)15-18-11-13-20(14-12-18)19-7-3-2-4-8-19/h2-14,21H,15-17H2,1H3. The molecule has 0 spiro atoms. The third-order valence-corrected chi connectivity index (χ3v) is 5.79. The topological polar surface area (TPSA) is 68.5 Å². The molecule has 2 heterocycles. The highest BCUT2D eigenvalue weighted by Gasteiger charge is 2.35. The number of methoxy groups -OCH3 is 1. The Balaban J connectivity index is 1.18. The van der Waals surface area contributed by atoms with Gasteiger partial charge in [-0.1, -0.05) is 71.9 Å². The van der Waals surface area contributed by atoms with Crippen molar-refractivity contribution in [1.82, 2.24) is 15.0 Å². The summed E-state index contributed by atoms with van der Waals surface area (Å²) in [5.41, 5.74) is 4.11. The molecule has 0 atom stereocenters. The van der Waals surface area contributed by atoms with E-state index in [-0.39, 0.29) is 11.8 Å². The van der Waals surface area contributed by atoms with Gasteiger partial charge in [0, 0.05) is 13.1 Å². The maximum absolute atomic E-state index is 12.7. The van der Waals surface area contributed by atoms with E-state index < -0.39 is 0 Å². The Hall–Kier alpha value is -3.93. The monoisotopic (exact) mass is 425 g/mol. The highest BCUT2D eigenvalue weighted by molar-refractivity contribution is 5.80. The second-order valence-electron chi connectivity index (χ2n) is 7.89. The summed E-state index contributed by atoms with van der Waals surface area (Å²) in [6, 6.07) is 25.9. The van der Waals surface area contributed by atoms with Crippen LogP contribution in [-0.4, -0.2) is 41.1 Å². The molecule has 6 nitrogen and oxygen atoms in total. The molecular weight excluding hydrogens is 402 g/mol. The molecule has 0 saturated carbocycles. The van der Waals surface area contributed by atoms with Gasteiger partial charge in [0.15, 0.2) is 0 Å². The van der Waals surface area contributed by atoms with Gasteiger partial charge in [-0.05, 0) is 28.8 Å². The first kappa shape index (κ1) is 20.0. The van der Waals surface area contributed by atoms with Crippen LogP contribution in [0.15, 0.2) is 83.4 Å². The minimum Gasteiger partial charge on any atom is -0.496 e. The number of aromatic nitrogens is 2. The molecule has 3 aromatic carbocycles. The summed E-state index contributed by atoms with van der Waals surface area (Å²) in [4.78, 5) is 19.0. The van der Waals surface area contributed by atoms with Gasteiger partial charge in [0.1, 0.15) is 5.75 Å². The number of carbonyl (C=O) groups is 1. The van der Waals surface area contributed by atoms with Crippen LogP contribution in [0.2, 0.25) is 0 Å². The van der Waals surface area contributed by atoms with Gasteiger partial charge in [-0.25, -0.2) is 0 Å². The molecule has 1 amide bonds. The number of rotatable bonds is 6. The highest BCUT2D eigenvalue weighted by atomic mass is 16.5. The first-order valence-electron chi connectivity index (χ1n) is 10.6. The molecule has 1 fully saturated rings. The zero-order valence-corrected chi connectivity index (χ0v) is 17.8. The predicted octanol–water partition coefficient (Wildman–Crippen LogP) is 4.58. The van der Waals surface area contributed by atoms with Gasteiger partial charge < -0.3 is 14.2 Å². The van der Waals surface area contributed by atoms with E-state index >= 15 is 0 Å². The number of amides is 1. The Morgan fingerprint density at radius 2 is 1.66 bits per heavy atom. The van der Waals surface area contributed by atoms with E-state index in [1.807, 2.05) is 59.5 Å². The van der Waals surface area contributed by atoms with E-state index in [4.69, 9.17) is 9.26 Å². The molecule has 4 aromatic rings. The molecule has 1 saturated heterocycles. The first-order chi connectivity index (χ1) is 15.7. The Kier molecular flexibility index (Phi) is 5.42. The van der Waals surface area contributed by atoms with Crippen molar-refractivity contribution in [3.8, 4) is 28.3 Å². The molecule has 0 bridgehead atoms. The van der Waals surface area contributed by atoms with Crippen LogP contribution in [0.5, 0.6) is 5.75 Å². The van der Waals surface area contributed by atoms with Crippen molar-refractivity contribution in [3.63, 3.8) is 0 Å². The van der Waals surface area contributed by atoms with E-state index in [0.717, 1.165) is 16.7 Å². The number of hydrogen-bond acceptors (Lipinski definition) is 5. The Bertz CT molecular complexity index is 1210. The maximum Gasteiger partial charge on any atom is 0.233 e. The number of likely N-dealkylation sites (tertiary alicyclic amines) is 1. The van der Waals surface area contributed by atoms with Crippen LogP contribution in [0.3, 0.4) is 0 Å². The van der Waals surface area contributed by atoms with E-state index in [2.05, 4.69) is 34.4 Å². The van der Waals surface area contributed by atoms with Crippen molar-refractivity contribution in [2.75, 3.05) is 20.2 Å². The van der Waals surface area contributed by atoms with Crippen LogP contribution < -0.4 is 4.74 Å². The molecular formula is C26H23N3O3. The van der Waals surface area contributed by atoms with E-state index in [0.29, 0.717) is 37.0 Å². The number of benzene rings is 3. The quantitative estimate of drug-likeness (QED) is 0.452. The molecule has 0 unspecified atom stereocenters. The third kappa shape index (κ3) is 3.99. The molecule has 1 aliphatic rings. The fourth-order valence-electron chi connectivity index (χ4n) is 3.91. The predicted molar refractivity (Wildman–Crippen MR) is 121 cm³/mol. The Morgan fingerprint density at radius 3 is 2.41 bits per heavy atom. The summed E-state index contributed by atoms with van der Waals surface area (Å²) >= 11 is 0. The summed E-state index contributed by atoms with van der Waals surface area (Å²) in [6.45, 7) is 1.18. The van der Waals surface area contributed by atoms with Crippen LogP contribution in [0.25, 0.3) is 22.5 Å². The van der Waals surface area contributed by atoms with Crippen molar-refractivity contribution in [1.29, 1.82) is 0 Å². The number of nitrogens with zero attached hydrogens (tertiary/aromatic N) is 3. The summed E-state index contributed by atoms with van der Waals surface area (Å²) in [5, 5.41) is 4.10. The summed E-state index contributed by atoms with van der Waals surface area (Å²) in [7, 11) is 1.62. The molecule has 160 valence electrons. The van der Waals surface area contributed by atoms with Crippen LogP contribution in [-0.2, 0) is 11.2 Å². The van der Waals surface area contributed by atoms with Crippen LogP contribution in [0, 0.1) is 0 Å². The first-order valence-corrected chi connectivity index (χ1v) is 10.6. The minimum atomic E-state index is 0.0652. The second-order valence-corrected chi connectivity index (χ2v) is 7.89. The summed E-state index contributed by atoms with van der Waals surface area (Å²) < 4.78 is 10.8. The highest BCUT2D eigenvalue weighted by Crippen LogP contribution is 2.31. The lowest BCUT2D eigenvalue weighted by Gasteiger charge is -2.37. The van der Waals surface area contributed by atoms with E-state index in [1.165, 1.54) is 5.56 Å². The number of ether oxygens (including phenoxy) is 1. The van der Waals surface area contributed by atoms with Gasteiger partial charge in [-0.15, -0.1) is 0 Å². The molecule has 6 heteroatoms. The van der Waals surface area contributed by atoms with E-state index in [1.54, 1.807) is 7.11 Å². The molecule has 0 N–H and O–H groups in total. The normalized spacial score (nSPS) is 13.6. The third-order valence-electron chi connectivity index (χ3n) is 5.79. The lowest BCUT2D eigenvalue weighted by atomic mass is 9.98. The van der Waals surface area contributed by atoms with Crippen LogP contribution >= 0.6 is 0 Å². The fraction of sp³-hybridized carbons (Fsp3) is 0.192. The van der Waals surface area contributed by atoms with Crippen molar-refractivity contribution >= 4 is 5.91 Å². The zero-order chi connectivity index (χ0) is 21.9. The smallest absolute Gasteiger partial charge is 0.233 e.